The van der Waals surface area contributed by atoms with Crippen LogP contribution in [0.15, 0.2) is 91.1 Å². The van der Waals surface area contributed by atoms with Crippen molar-refractivity contribution in [2.24, 2.45) is 0 Å². The van der Waals surface area contributed by atoms with Crippen LogP contribution in [0.4, 0.5) is 0 Å². The van der Waals surface area contributed by atoms with Gasteiger partial charge in [0.1, 0.15) is 0 Å². The summed E-state index contributed by atoms with van der Waals surface area (Å²) in [6.45, 7) is 2.54. The summed E-state index contributed by atoms with van der Waals surface area (Å²) in [6, 6.07) is 26.0. The van der Waals surface area contributed by atoms with E-state index >= 15 is 0 Å². The molecule has 1 aliphatic rings. The molecule has 2 heterocycles. The number of hydrogen-bond donors (Lipinski definition) is 0. The number of hydrogen-bond acceptors (Lipinski definition) is 2. The highest BCUT2D eigenvalue weighted by Gasteiger charge is 2.43. The van der Waals surface area contributed by atoms with Crippen LogP contribution in [0.25, 0.3) is 5.70 Å². The Bertz CT molecular complexity index is 951. The van der Waals surface area contributed by atoms with Crippen molar-refractivity contribution < 1.29 is 4.79 Å². The number of nitrogens with zero attached hydrogens (tertiary/aromatic N) is 2. The molecule has 1 atom stereocenters. The number of carbonyl (C=O) groups is 1. The number of carbonyl (C=O) groups excluding carboxylic acids is 1. The zero-order chi connectivity index (χ0) is 18.7. The number of rotatable bonds is 4. The highest BCUT2D eigenvalue weighted by atomic mass is 16.2. The molecule has 0 radical (unpaired) electrons. The van der Waals surface area contributed by atoms with Crippen molar-refractivity contribution in [1.29, 1.82) is 0 Å². The molecule has 0 N–H and O–H groups in total. The smallest absolute Gasteiger partial charge is 0.239 e. The summed E-state index contributed by atoms with van der Waals surface area (Å²) < 4.78 is 0. The zero-order valence-corrected chi connectivity index (χ0v) is 15.4. The molecule has 0 bridgehead atoms. The Kier molecular flexibility index (Phi) is 4.59. The van der Waals surface area contributed by atoms with Crippen molar-refractivity contribution in [1.82, 2.24) is 9.88 Å². The molecule has 1 aromatic heterocycles. The Balaban J connectivity index is 1.78. The lowest BCUT2D eigenvalue weighted by atomic mass is 9.78. The molecule has 1 aliphatic heterocycles. The largest absolute Gasteiger partial charge is 0.307 e. The lowest BCUT2D eigenvalue weighted by Gasteiger charge is -2.39. The van der Waals surface area contributed by atoms with Gasteiger partial charge < -0.3 is 4.90 Å². The fraction of sp³-hybridized carbons (Fsp3) is 0.167. The van der Waals surface area contributed by atoms with Gasteiger partial charge in [-0.3, -0.25) is 9.78 Å². The van der Waals surface area contributed by atoms with Gasteiger partial charge >= 0.3 is 0 Å². The normalized spacial score (nSPS) is 19.7. The van der Waals surface area contributed by atoms with E-state index in [1.807, 2.05) is 66.4 Å². The summed E-state index contributed by atoms with van der Waals surface area (Å²) in [4.78, 5) is 20.1. The number of allylic oxidation sites excluding steroid dienone is 1. The molecule has 0 saturated heterocycles. The molecule has 3 nitrogen and oxygen atoms in total. The minimum absolute atomic E-state index is 0.0893. The summed E-state index contributed by atoms with van der Waals surface area (Å²) >= 11 is 0. The van der Waals surface area contributed by atoms with E-state index in [-0.39, 0.29) is 5.91 Å². The fourth-order valence-corrected chi connectivity index (χ4v) is 3.61. The van der Waals surface area contributed by atoms with E-state index in [1.54, 1.807) is 6.20 Å². The van der Waals surface area contributed by atoms with Crippen LogP contribution in [-0.4, -0.2) is 15.8 Å². The average Bonchev–Trinajstić information content (AvgIpc) is 2.74. The summed E-state index contributed by atoms with van der Waals surface area (Å²) in [7, 11) is 0. The fourth-order valence-electron chi connectivity index (χ4n) is 3.61. The van der Waals surface area contributed by atoms with E-state index in [0.29, 0.717) is 13.0 Å². The second-order valence-corrected chi connectivity index (χ2v) is 7.08. The van der Waals surface area contributed by atoms with Gasteiger partial charge in [-0.25, -0.2) is 0 Å². The van der Waals surface area contributed by atoms with Crippen LogP contribution in [0.1, 0.15) is 30.2 Å². The van der Waals surface area contributed by atoms with Crippen molar-refractivity contribution in [2.45, 2.75) is 25.3 Å². The average molecular weight is 354 g/mol. The first kappa shape index (κ1) is 17.2. The highest BCUT2D eigenvalue weighted by molar-refractivity contribution is 5.96. The summed E-state index contributed by atoms with van der Waals surface area (Å²) in [5.74, 6) is 0.0893. The van der Waals surface area contributed by atoms with Crippen LogP contribution in [-0.2, 0) is 16.8 Å². The maximum atomic E-state index is 13.7. The first-order chi connectivity index (χ1) is 13.2. The standard InChI is InChI=1S/C24H22N2O/c1-24(22-14-8-9-17-25-22)16-15-21(20-12-6-3-7-13-20)26(23(24)27)18-19-10-4-2-5-11-19/h2-15,17H,16,18H2,1H3. The third-order valence-corrected chi connectivity index (χ3v) is 5.19. The van der Waals surface area contributed by atoms with E-state index in [1.165, 1.54) is 0 Å². The van der Waals surface area contributed by atoms with Crippen LogP contribution in [0.2, 0.25) is 0 Å². The minimum atomic E-state index is -0.658. The second kappa shape index (κ2) is 7.20. The molecule has 134 valence electrons. The quantitative estimate of drug-likeness (QED) is 0.673. The third kappa shape index (κ3) is 3.28. The van der Waals surface area contributed by atoms with E-state index in [2.05, 4.69) is 35.3 Å². The lowest BCUT2D eigenvalue weighted by Crippen LogP contribution is -2.47. The summed E-state index contributed by atoms with van der Waals surface area (Å²) in [5, 5.41) is 0. The monoisotopic (exact) mass is 354 g/mol. The van der Waals surface area contributed by atoms with Crippen molar-refractivity contribution in [2.75, 3.05) is 0 Å². The Hall–Kier alpha value is -3.20. The molecule has 27 heavy (non-hydrogen) atoms. The molecule has 0 saturated carbocycles. The molecule has 0 aliphatic carbocycles. The van der Waals surface area contributed by atoms with E-state index in [0.717, 1.165) is 22.5 Å². The number of pyridine rings is 1. The van der Waals surface area contributed by atoms with Crippen LogP contribution < -0.4 is 0 Å². The molecule has 1 amide bonds. The SMILES string of the molecule is CC1(c2ccccn2)CC=C(c2ccccc2)N(Cc2ccccc2)C1=O. The predicted octanol–water partition coefficient (Wildman–Crippen LogP) is 4.81. The Labute approximate surface area is 160 Å². The molecular weight excluding hydrogens is 332 g/mol. The van der Waals surface area contributed by atoms with E-state index in [9.17, 15) is 4.79 Å². The number of amides is 1. The van der Waals surface area contributed by atoms with Gasteiger partial charge in [0.25, 0.3) is 0 Å². The zero-order valence-electron chi connectivity index (χ0n) is 15.4. The van der Waals surface area contributed by atoms with Gasteiger partial charge in [-0.2, -0.15) is 0 Å². The van der Waals surface area contributed by atoms with Gasteiger partial charge in [-0.15, -0.1) is 0 Å². The molecule has 3 aromatic rings. The van der Waals surface area contributed by atoms with Crippen molar-refractivity contribution in [3.05, 3.63) is 108 Å². The van der Waals surface area contributed by atoms with Gasteiger partial charge in [0, 0.05) is 11.9 Å². The van der Waals surface area contributed by atoms with Crippen molar-refractivity contribution in [3.8, 4) is 0 Å². The predicted molar refractivity (Wildman–Crippen MR) is 108 cm³/mol. The molecule has 3 heteroatoms. The lowest BCUT2D eigenvalue weighted by molar-refractivity contribution is -0.134. The minimum Gasteiger partial charge on any atom is -0.307 e. The van der Waals surface area contributed by atoms with Gasteiger partial charge in [0.2, 0.25) is 5.91 Å². The molecule has 0 spiro atoms. The summed E-state index contributed by atoms with van der Waals surface area (Å²) in [6.07, 6.45) is 4.57. The van der Waals surface area contributed by atoms with Gasteiger partial charge in [0.05, 0.1) is 17.7 Å². The third-order valence-electron chi connectivity index (χ3n) is 5.19. The maximum Gasteiger partial charge on any atom is 0.239 e. The Morgan fingerprint density at radius 3 is 2.26 bits per heavy atom. The number of benzene rings is 2. The maximum absolute atomic E-state index is 13.7. The van der Waals surface area contributed by atoms with Gasteiger partial charge in [-0.1, -0.05) is 72.8 Å². The second-order valence-electron chi connectivity index (χ2n) is 7.08. The molecule has 0 fully saturated rings. The molecule has 4 rings (SSSR count). The van der Waals surface area contributed by atoms with E-state index < -0.39 is 5.41 Å². The van der Waals surface area contributed by atoms with Gasteiger partial charge in [-0.05, 0) is 36.6 Å². The molecular formula is C24H22N2O. The molecule has 1 unspecified atom stereocenters. The first-order valence-electron chi connectivity index (χ1n) is 9.21. The van der Waals surface area contributed by atoms with Crippen LogP contribution in [0.5, 0.6) is 0 Å². The van der Waals surface area contributed by atoms with Crippen LogP contribution >= 0.6 is 0 Å². The number of aromatic nitrogens is 1. The molecule has 2 aromatic carbocycles. The Morgan fingerprint density at radius 1 is 0.926 bits per heavy atom. The van der Waals surface area contributed by atoms with Crippen LogP contribution in [0.3, 0.4) is 0 Å². The van der Waals surface area contributed by atoms with Gasteiger partial charge in [0.15, 0.2) is 0 Å². The first-order valence-corrected chi connectivity index (χ1v) is 9.21. The van der Waals surface area contributed by atoms with Crippen LogP contribution in [0, 0.1) is 0 Å². The van der Waals surface area contributed by atoms with Crippen molar-refractivity contribution >= 4 is 11.6 Å². The highest BCUT2D eigenvalue weighted by Crippen LogP contribution is 2.38. The summed E-state index contributed by atoms with van der Waals surface area (Å²) in [5.41, 5.74) is 3.30. The van der Waals surface area contributed by atoms with E-state index in [4.69, 9.17) is 0 Å². The topological polar surface area (TPSA) is 33.2 Å². The van der Waals surface area contributed by atoms with Crippen molar-refractivity contribution in [3.63, 3.8) is 0 Å². The Morgan fingerprint density at radius 2 is 1.59 bits per heavy atom.